The first kappa shape index (κ1) is 11.5. The SMILES string of the molecule is Cn1cc(C(=O)Nc2cccc3ccccc23)cn1. The standard InChI is InChI=1S/C15H13N3O/c1-18-10-12(9-16-18)15(19)17-14-8-4-6-11-5-2-3-7-13(11)14/h2-10H,1H3,(H,17,19). The highest BCUT2D eigenvalue weighted by atomic mass is 16.1. The van der Waals surface area contributed by atoms with Crippen molar-refractivity contribution in [3.63, 3.8) is 0 Å². The molecule has 0 bridgehead atoms. The zero-order chi connectivity index (χ0) is 13.2. The van der Waals surface area contributed by atoms with Gasteiger partial charge < -0.3 is 5.32 Å². The molecule has 0 radical (unpaired) electrons. The van der Waals surface area contributed by atoms with Gasteiger partial charge in [0.25, 0.3) is 5.91 Å². The van der Waals surface area contributed by atoms with Crippen LogP contribution in [0, 0.1) is 0 Å². The Morgan fingerprint density at radius 1 is 1.16 bits per heavy atom. The van der Waals surface area contributed by atoms with E-state index in [1.54, 1.807) is 24.1 Å². The summed E-state index contributed by atoms with van der Waals surface area (Å²) in [6.45, 7) is 0. The molecule has 0 saturated carbocycles. The lowest BCUT2D eigenvalue weighted by molar-refractivity contribution is 0.102. The summed E-state index contributed by atoms with van der Waals surface area (Å²) in [5, 5.41) is 9.05. The molecule has 3 rings (SSSR count). The van der Waals surface area contributed by atoms with E-state index in [1.807, 2.05) is 42.5 Å². The molecule has 0 aliphatic rings. The van der Waals surface area contributed by atoms with Crippen LogP contribution in [-0.4, -0.2) is 15.7 Å². The monoisotopic (exact) mass is 251 g/mol. The average molecular weight is 251 g/mol. The van der Waals surface area contributed by atoms with Gasteiger partial charge in [-0.05, 0) is 11.5 Å². The number of carbonyl (C=O) groups is 1. The van der Waals surface area contributed by atoms with Crippen molar-refractivity contribution in [1.82, 2.24) is 9.78 Å². The molecule has 0 unspecified atom stereocenters. The molecular weight excluding hydrogens is 238 g/mol. The van der Waals surface area contributed by atoms with Gasteiger partial charge in [0.05, 0.1) is 11.8 Å². The van der Waals surface area contributed by atoms with Gasteiger partial charge in [-0.25, -0.2) is 0 Å². The molecule has 1 heterocycles. The highest BCUT2D eigenvalue weighted by Gasteiger charge is 2.09. The Morgan fingerprint density at radius 3 is 2.74 bits per heavy atom. The zero-order valence-corrected chi connectivity index (χ0v) is 10.5. The first-order chi connectivity index (χ1) is 9.24. The second-order valence-electron chi connectivity index (χ2n) is 4.38. The van der Waals surface area contributed by atoms with Crippen LogP contribution in [0.4, 0.5) is 5.69 Å². The fourth-order valence-corrected chi connectivity index (χ4v) is 2.07. The normalized spacial score (nSPS) is 10.6. The van der Waals surface area contributed by atoms with Crippen molar-refractivity contribution in [1.29, 1.82) is 0 Å². The molecule has 1 N–H and O–H groups in total. The van der Waals surface area contributed by atoms with Gasteiger partial charge in [-0.3, -0.25) is 9.48 Å². The van der Waals surface area contributed by atoms with Crippen molar-refractivity contribution in [2.75, 3.05) is 5.32 Å². The predicted octanol–water partition coefficient (Wildman–Crippen LogP) is 2.83. The van der Waals surface area contributed by atoms with E-state index in [2.05, 4.69) is 10.4 Å². The Balaban J connectivity index is 1.95. The number of fused-ring (bicyclic) bond motifs is 1. The molecule has 0 spiro atoms. The van der Waals surface area contributed by atoms with Crippen molar-refractivity contribution in [2.45, 2.75) is 0 Å². The van der Waals surface area contributed by atoms with E-state index >= 15 is 0 Å². The Morgan fingerprint density at radius 2 is 1.95 bits per heavy atom. The second-order valence-corrected chi connectivity index (χ2v) is 4.38. The summed E-state index contributed by atoms with van der Waals surface area (Å²) in [4.78, 5) is 12.1. The van der Waals surface area contributed by atoms with Crippen LogP contribution in [0.15, 0.2) is 54.9 Å². The summed E-state index contributed by atoms with van der Waals surface area (Å²) in [6, 6.07) is 13.8. The number of aromatic nitrogens is 2. The third-order valence-corrected chi connectivity index (χ3v) is 3.00. The summed E-state index contributed by atoms with van der Waals surface area (Å²) in [6.07, 6.45) is 3.25. The smallest absolute Gasteiger partial charge is 0.258 e. The molecule has 2 aromatic carbocycles. The number of carbonyl (C=O) groups excluding carboxylic acids is 1. The molecular formula is C15H13N3O. The van der Waals surface area contributed by atoms with Crippen LogP contribution in [-0.2, 0) is 7.05 Å². The molecule has 94 valence electrons. The Bertz CT molecular complexity index is 740. The van der Waals surface area contributed by atoms with Crippen LogP contribution in [0.3, 0.4) is 0 Å². The maximum Gasteiger partial charge on any atom is 0.258 e. The number of amides is 1. The van der Waals surface area contributed by atoms with Gasteiger partial charge in [0.15, 0.2) is 0 Å². The molecule has 1 amide bonds. The topological polar surface area (TPSA) is 46.9 Å². The van der Waals surface area contributed by atoms with Gasteiger partial charge in [-0.1, -0.05) is 36.4 Å². The minimum absolute atomic E-state index is 0.149. The predicted molar refractivity (Wildman–Crippen MR) is 75.1 cm³/mol. The van der Waals surface area contributed by atoms with E-state index in [0.29, 0.717) is 5.56 Å². The number of aryl methyl sites for hydroxylation is 1. The van der Waals surface area contributed by atoms with Gasteiger partial charge in [-0.2, -0.15) is 5.10 Å². The summed E-state index contributed by atoms with van der Waals surface area (Å²) in [7, 11) is 1.79. The van der Waals surface area contributed by atoms with Crippen molar-refractivity contribution in [2.24, 2.45) is 7.05 Å². The highest BCUT2D eigenvalue weighted by molar-refractivity contribution is 6.08. The van der Waals surface area contributed by atoms with Crippen molar-refractivity contribution >= 4 is 22.4 Å². The third kappa shape index (κ3) is 2.20. The van der Waals surface area contributed by atoms with Crippen LogP contribution in [0.2, 0.25) is 0 Å². The lowest BCUT2D eigenvalue weighted by Crippen LogP contribution is -2.11. The van der Waals surface area contributed by atoms with Crippen LogP contribution in [0.25, 0.3) is 10.8 Å². The molecule has 4 heteroatoms. The number of anilines is 1. The summed E-state index contributed by atoms with van der Waals surface area (Å²) >= 11 is 0. The largest absolute Gasteiger partial charge is 0.321 e. The molecule has 19 heavy (non-hydrogen) atoms. The van der Waals surface area contributed by atoms with Crippen LogP contribution >= 0.6 is 0 Å². The number of rotatable bonds is 2. The number of hydrogen-bond donors (Lipinski definition) is 1. The number of nitrogens with one attached hydrogen (secondary N) is 1. The van der Waals surface area contributed by atoms with Crippen molar-refractivity contribution in [3.8, 4) is 0 Å². The summed E-state index contributed by atoms with van der Waals surface area (Å²) in [5.74, 6) is -0.149. The van der Waals surface area contributed by atoms with Gasteiger partial charge in [0.2, 0.25) is 0 Å². The fourth-order valence-electron chi connectivity index (χ4n) is 2.07. The summed E-state index contributed by atoms with van der Waals surface area (Å²) < 4.78 is 1.61. The van der Waals surface area contributed by atoms with E-state index in [-0.39, 0.29) is 5.91 Å². The number of hydrogen-bond acceptors (Lipinski definition) is 2. The fraction of sp³-hybridized carbons (Fsp3) is 0.0667. The third-order valence-electron chi connectivity index (χ3n) is 3.00. The van der Waals surface area contributed by atoms with Gasteiger partial charge in [-0.15, -0.1) is 0 Å². The maximum absolute atomic E-state index is 12.1. The van der Waals surface area contributed by atoms with E-state index in [1.165, 1.54) is 0 Å². The Labute approximate surface area is 110 Å². The second kappa shape index (κ2) is 4.57. The molecule has 0 aliphatic carbocycles. The van der Waals surface area contributed by atoms with Crippen molar-refractivity contribution in [3.05, 3.63) is 60.4 Å². The Hall–Kier alpha value is -2.62. The van der Waals surface area contributed by atoms with Gasteiger partial charge in [0, 0.05) is 24.3 Å². The van der Waals surface area contributed by atoms with Gasteiger partial charge in [0.1, 0.15) is 0 Å². The minimum atomic E-state index is -0.149. The molecule has 0 saturated heterocycles. The number of benzene rings is 2. The quantitative estimate of drug-likeness (QED) is 0.761. The average Bonchev–Trinajstić information content (AvgIpc) is 2.86. The number of nitrogens with zero attached hydrogens (tertiary/aromatic N) is 2. The minimum Gasteiger partial charge on any atom is -0.321 e. The molecule has 0 fully saturated rings. The molecule has 4 nitrogen and oxygen atoms in total. The molecule has 1 aromatic heterocycles. The lowest BCUT2D eigenvalue weighted by Gasteiger charge is -2.07. The van der Waals surface area contributed by atoms with E-state index in [9.17, 15) is 4.79 Å². The Kier molecular flexibility index (Phi) is 2.76. The van der Waals surface area contributed by atoms with E-state index in [0.717, 1.165) is 16.5 Å². The zero-order valence-electron chi connectivity index (χ0n) is 10.5. The first-order valence-electron chi connectivity index (χ1n) is 6.02. The molecule has 0 aliphatic heterocycles. The molecule has 3 aromatic rings. The van der Waals surface area contributed by atoms with Crippen LogP contribution in [0.5, 0.6) is 0 Å². The van der Waals surface area contributed by atoms with Gasteiger partial charge >= 0.3 is 0 Å². The van der Waals surface area contributed by atoms with Crippen molar-refractivity contribution < 1.29 is 4.79 Å². The van der Waals surface area contributed by atoms with E-state index < -0.39 is 0 Å². The molecule has 0 atom stereocenters. The van der Waals surface area contributed by atoms with Crippen LogP contribution in [0.1, 0.15) is 10.4 Å². The van der Waals surface area contributed by atoms with Crippen LogP contribution < -0.4 is 5.32 Å². The maximum atomic E-state index is 12.1. The lowest BCUT2D eigenvalue weighted by atomic mass is 10.1. The first-order valence-corrected chi connectivity index (χ1v) is 6.02. The van der Waals surface area contributed by atoms with E-state index in [4.69, 9.17) is 0 Å². The summed E-state index contributed by atoms with van der Waals surface area (Å²) in [5.41, 5.74) is 1.36. The highest BCUT2D eigenvalue weighted by Crippen LogP contribution is 2.23.